The monoisotopic (exact) mass is 257 g/mol. The van der Waals surface area contributed by atoms with Crippen molar-refractivity contribution >= 4 is 10.9 Å². The molecule has 0 unspecified atom stereocenters. The van der Waals surface area contributed by atoms with Crippen LogP contribution in [0.5, 0.6) is 0 Å². The van der Waals surface area contributed by atoms with Gasteiger partial charge < -0.3 is 0 Å². The normalized spacial score (nSPS) is 18.5. The van der Waals surface area contributed by atoms with Gasteiger partial charge in [-0.3, -0.25) is 0 Å². The number of hydrogen-bond acceptors (Lipinski definition) is 0. The van der Waals surface area contributed by atoms with Crippen LogP contribution in [-0.4, -0.2) is 15.7 Å². The van der Waals surface area contributed by atoms with Crippen molar-refractivity contribution in [1.29, 1.82) is 0 Å². The van der Waals surface area contributed by atoms with Crippen LogP contribution in [0, 0.1) is 0 Å². The van der Waals surface area contributed by atoms with Gasteiger partial charge in [-0.05, 0) is 62.3 Å². The van der Waals surface area contributed by atoms with Gasteiger partial charge in [0.15, 0.2) is 0 Å². The Bertz CT molecular complexity index is 164. The summed E-state index contributed by atoms with van der Waals surface area (Å²) in [5.74, 6) is 0. The van der Waals surface area contributed by atoms with Crippen molar-refractivity contribution in [2.75, 3.05) is 0 Å². The van der Waals surface area contributed by atoms with Gasteiger partial charge in [0, 0.05) is 0 Å². The summed E-state index contributed by atoms with van der Waals surface area (Å²) in [6.45, 7) is 9.66. The maximum atomic E-state index is 2.42. The van der Waals surface area contributed by atoms with Gasteiger partial charge >= 0.3 is 0 Å². The Morgan fingerprint density at radius 3 is 1.53 bits per heavy atom. The third-order valence-corrected chi connectivity index (χ3v) is 8.64. The molecule has 0 bridgehead atoms. The molecule has 0 aromatic carbocycles. The molecule has 1 aliphatic rings. The highest BCUT2D eigenvalue weighted by Crippen LogP contribution is 2.35. The van der Waals surface area contributed by atoms with Gasteiger partial charge in [0.2, 0.25) is 0 Å². The van der Waals surface area contributed by atoms with Gasteiger partial charge in [0.1, 0.15) is 15.7 Å². The smallest absolute Gasteiger partial charge is 0.0606 e. The summed E-state index contributed by atoms with van der Waals surface area (Å²) in [7, 11) is 0.713. The van der Waals surface area contributed by atoms with Crippen molar-refractivity contribution in [1.82, 2.24) is 0 Å². The van der Waals surface area contributed by atoms with E-state index < -0.39 is 0 Å². The molecule has 1 aliphatic carbocycles. The maximum Gasteiger partial charge on any atom is 0.118 e. The zero-order valence-electron chi connectivity index (χ0n) is 12.5. The summed E-state index contributed by atoms with van der Waals surface area (Å²) in [6.07, 6.45) is 13.2. The average Bonchev–Trinajstić information content (AvgIpc) is 2.40. The lowest BCUT2D eigenvalue weighted by Crippen LogP contribution is -2.41. The maximum absolute atomic E-state index is 2.42. The molecular formula is C16H33S+. The SMILES string of the molecule is CCC(CC)[S+](C(CC)CC)C1CCCCC1. The molecule has 0 aromatic rings. The van der Waals surface area contributed by atoms with E-state index in [9.17, 15) is 0 Å². The Morgan fingerprint density at radius 1 is 0.765 bits per heavy atom. The highest BCUT2D eigenvalue weighted by atomic mass is 32.2. The molecule has 0 atom stereocenters. The van der Waals surface area contributed by atoms with Gasteiger partial charge in [0.05, 0.1) is 0 Å². The Hall–Kier alpha value is 0.350. The molecule has 1 rings (SSSR count). The molecule has 0 spiro atoms. The molecule has 0 radical (unpaired) electrons. The first-order chi connectivity index (χ1) is 8.28. The van der Waals surface area contributed by atoms with E-state index in [1.165, 1.54) is 57.8 Å². The summed E-state index contributed by atoms with van der Waals surface area (Å²) < 4.78 is 0. The van der Waals surface area contributed by atoms with Crippen LogP contribution in [-0.2, 0) is 10.9 Å². The minimum absolute atomic E-state index is 0.713. The number of hydrogen-bond donors (Lipinski definition) is 0. The molecule has 0 N–H and O–H groups in total. The van der Waals surface area contributed by atoms with Gasteiger partial charge in [-0.25, -0.2) is 0 Å². The van der Waals surface area contributed by atoms with Crippen LogP contribution in [0.15, 0.2) is 0 Å². The van der Waals surface area contributed by atoms with Gasteiger partial charge in [-0.2, -0.15) is 0 Å². The molecule has 1 heteroatoms. The van der Waals surface area contributed by atoms with Gasteiger partial charge in [-0.15, -0.1) is 0 Å². The molecule has 1 saturated carbocycles. The lowest BCUT2D eigenvalue weighted by molar-refractivity contribution is 0.506. The number of rotatable bonds is 7. The van der Waals surface area contributed by atoms with Crippen LogP contribution in [0.3, 0.4) is 0 Å². The highest BCUT2D eigenvalue weighted by molar-refractivity contribution is 7.98. The molecular weight excluding hydrogens is 224 g/mol. The van der Waals surface area contributed by atoms with Crippen LogP contribution < -0.4 is 0 Å². The van der Waals surface area contributed by atoms with E-state index in [1.807, 2.05) is 0 Å². The van der Waals surface area contributed by atoms with Crippen molar-refractivity contribution < 1.29 is 0 Å². The summed E-state index contributed by atoms with van der Waals surface area (Å²) >= 11 is 0. The van der Waals surface area contributed by atoms with Crippen molar-refractivity contribution in [2.24, 2.45) is 0 Å². The van der Waals surface area contributed by atoms with Crippen LogP contribution in [0.1, 0.15) is 85.5 Å². The van der Waals surface area contributed by atoms with Crippen molar-refractivity contribution in [3.8, 4) is 0 Å². The average molecular weight is 258 g/mol. The fraction of sp³-hybridized carbons (Fsp3) is 1.00. The van der Waals surface area contributed by atoms with Crippen molar-refractivity contribution in [2.45, 2.75) is 101 Å². The van der Waals surface area contributed by atoms with Crippen molar-refractivity contribution in [3.63, 3.8) is 0 Å². The standard InChI is InChI=1S/C16H33S/c1-5-14(6-2)17(15(7-3)8-4)16-12-10-9-11-13-16/h14-16H,5-13H2,1-4H3/q+1. The summed E-state index contributed by atoms with van der Waals surface area (Å²) in [6, 6.07) is 0. The zero-order valence-corrected chi connectivity index (χ0v) is 13.3. The first kappa shape index (κ1) is 15.4. The lowest BCUT2D eigenvalue weighted by Gasteiger charge is -2.32. The molecule has 0 aromatic heterocycles. The highest BCUT2D eigenvalue weighted by Gasteiger charge is 2.41. The third kappa shape index (κ3) is 4.19. The topological polar surface area (TPSA) is 0 Å². The van der Waals surface area contributed by atoms with Crippen LogP contribution >= 0.6 is 0 Å². The minimum atomic E-state index is 0.713. The fourth-order valence-electron chi connectivity index (χ4n) is 3.50. The first-order valence-electron chi connectivity index (χ1n) is 7.99. The largest absolute Gasteiger partial charge is 0.118 e. The molecule has 1 fully saturated rings. The predicted octanol–water partition coefficient (Wildman–Crippen LogP) is 5.31. The predicted molar refractivity (Wildman–Crippen MR) is 83.0 cm³/mol. The first-order valence-corrected chi connectivity index (χ1v) is 9.40. The Balaban J connectivity index is 2.74. The van der Waals surface area contributed by atoms with E-state index >= 15 is 0 Å². The second kappa shape index (κ2) is 8.45. The molecule has 0 aliphatic heterocycles. The molecule has 0 amide bonds. The Kier molecular flexibility index (Phi) is 7.66. The van der Waals surface area contributed by atoms with E-state index in [1.54, 1.807) is 0 Å². The Labute approximate surface area is 112 Å². The quantitative estimate of drug-likeness (QED) is 0.542. The van der Waals surface area contributed by atoms with E-state index in [2.05, 4.69) is 27.7 Å². The summed E-state index contributed by atoms with van der Waals surface area (Å²) in [4.78, 5) is 0. The van der Waals surface area contributed by atoms with E-state index in [0.29, 0.717) is 10.9 Å². The van der Waals surface area contributed by atoms with Crippen LogP contribution in [0.25, 0.3) is 0 Å². The minimum Gasteiger partial charge on any atom is -0.0606 e. The third-order valence-electron chi connectivity index (χ3n) is 4.53. The molecule has 102 valence electrons. The van der Waals surface area contributed by atoms with Gasteiger partial charge in [0.25, 0.3) is 0 Å². The second-order valence-corrected chi connectivity index (χ2v) is 8.36. The fourth-order valence-corrected chi connectivity index (χ4v) is 7.55. The van der Waals surface area contributed by atoms with Crippen LogP contribution in [0.4, 0.5) is 0 Å². The molecule has 17 heavy (non-hydrogen) atoms. The second-order valence-electron chi connectivity index (χ2n) is 5.55. The van der Waals surface area contributed by atoms with Crippen LogP contribution in [0.2, 0.25) is 0 Å². The molecule has 0 nitrogen and oxygen atoms in total. The zero-order chi connectivity index (χ0) is 12.7. The van der Waals surface area contributed by atoms with E-state index in [4.69, 9.17) is 0 Å². The van der Waals surface area contributed by atoms with E-state index in [-0.39, 0.29) is 0 Å². The summed E-state index contributed by atoms with van der Waals surface area (Å²) in [5.41, 5.74) is 0. The molecule has 0 heterocycles. The van der Waals surface area contributed by atoms with Gasteiger partial charge in [-0.1, -0.05) is 34.1 Å². The van der Waals surface area contributed by atoms with Crippen molar-refractivity contribution in [3.05, 3.63) is 0 Å². The summed E-state index contributed by atoms with van der Waals surface area (Å²) in [5, 5.41) is 3.12. The van der Waals surface area contributed by atoms with E-state index in [0.717, 1.165) is 15.7 Å². The Morgan fingerprint density at radius 2 is 1.18 bits per heavy atom. The molecule has 0 saturated heterocycles. The lowest BCUT2D eigenvalue weighted by atomic mass is 10.0.